The first kappa shape index (κ1) is 38.3. The van der Waals surface area contributed by atoms with Gasteiger partial charge in [0.15, 0.2) is 6.29 Å². The highest BCUT2D eigenvalue weighted by atomic mass is 16.7. The van der Waals surface area contributed by atoms with Crippen LogP contribution >= 0.6 is 0 Å². The lowest BCUT2D eigenvalue weighted by Crippen LogP contribution is -2.29. The van der Waals surface area contributed by atoms with E-state index >= 15 is 0 Å². The summed E-state index contributed by atoms with van der Waals surface area (Å²) in [6.45, 7) is 11.7. The van der Waals surface area contributed by atoms with Crippen LogP contribution in [0.2, 0.25) is 0 Å². The Labute approximate surface area is 242 Å². The molecule has 0 heterocycles. The van der Waals surface area contributed by atoms with Gasteiger partial charge in [0.25, 0.3) is 0 Å². The van der Waals surface area contributed by atoms with Gasteiger partial charge in [0.05, 0.1) is 13.2 Å². The fraction of sp³-hybridized carbons (Fsp3) is 0.970. The number of rotatable bonds is 32. The summed E-state index contributed by atoms with van der Waals surface area (Å²) >= 11 is 0. The van der Waals surface area contributed by atoms with E-state index in [2.05, 4.69) is 25.7 Å². The van der Waals surface area contributed by atoms with Crippen LogP contribution in [0.3, 0.4) is 0 Å². The molecule has 0 aliphatic rings. The number of hydrogen-bond acceptors (Lipinski definition) is 6. The van der Waals surface area contributed by atoms with Crippen molar-refractivity contribution in [2.24, 2.45) is 0 Å². The summed E-state index contributed by atoms with van der Waals surface area (Å²) in [5.41, 5.74) is 0. The molecule has 0 fully saturated rings. The van der Waals surface area contributed by atoms with Crippen molar-refractivity contribution in [3.8, 4) is 0 Å². The number of aliphatic hydroxyl groups is 1. The highest BCUT2D eigenvalue weighted by molar-refractivity contribution is 5.69. The van der Waals surface area contributed by atoms with Crippen molar-refractivity contribution in [2.45, 2.75) is 162 Å². The van der Waals surface area contributed by atoms with E-state index < -0.39 is 0 Å². The minimum atomic E-state index is -0.147. The summed E-state index contributed by atoms with van der Waals surface area (Å²) in [6, 6.07) is 0. The zero-order valence-electron chi connectivity index (χ0n) is 26.4. The number of unbranched alkanes of at least 4 members (excludes halogenated alkanes) is 14. The molecule has 6 nitrogen and oxygen atoms in total. The summed E-state index contributed by atoms with van der Waals surface area (Å²) in [5.74, 6) is -0.0947. The normalized spacial score (nSPS) is 11.6. The monoisotopic (exact) mass is 558 g/mol. The Kier molecular flexibility index (Phi) is 31.3. The van der Waals surface area contributed by atoms with Crippen molar-refractivity contribution >= 4 is 5.97 Å². The Balaban J connectivity index is 4.04. The van der Waals surface area contributed by atoms with Crippen LogP contribution in [0, 0.1) is 0 Å². The van der Waals surface area contributed by atoms with E-state index in [0.29, 0.717) is 13.0 Å². The molecule has 0 aliphatic carbocycles. The lowest BCUT2D eigenvalue weighted by Gasteiger charge is -2.21. The molecule has 0 aromatic rings. The molecule has 0 rings (SSSR count). The second kappa shape index (κ2) is 31.8. The zero-order valence-corrected chi connectivity index (χ0v) is 26.4. The SMILES string of the molecule is CCCCCCCCOC(CCCCC(=O)OCCCCN(CCO)CCCCC)OCCCCCCCC. The molecule has 0 atom stereocenters. The number of carbonyl (C=O) groups is 1. The summed E-state index contributed by atoms with van der Waals surface area (Å²) in [6.07, 6.45) is 23.5. The standard InChI is InChI=1S/C33H67NO5/c1-4-7-10-12-14-20-30-38-33(39-31-21-15-13-11-8-5-2)24-17-16-23-32(36)37-29-22-19-26-34(27-28-35)25-18-9-6-3/h33,35H,4-31H2,1-3H3. The third kappa shape index (κ3) is 28.6. The highest BCUT2D eigenvalue weighted by Crippen LogP contribution is 2.13. The molecule has 0 aromatic carbocycles. The highest BCUT2D eigenvalue weighted by Gasteiger charge is 2.11. The predicted octanol–water partition coefficient (Wildman–Crippen LogP) is 8.44. The molecule has 0 aliphatic heterocycles. The number of nitrogens with zero attached hydrogens (tertiary/aromatic N) is 1. The van der Waals surface area contributed by atoms with Crippen molar-refractivity contribution in [3.63, 3.8) is 0 Å². The largest absolute Gasteiger partial charge is 0.466 e. The van der Waals surface area contributed by atoms with Crippen LogP contribution < -0.4 is 0 Å². The molecule has 6 heteroatoms. The van der Waals surface area contributed by atoms with E-state index in [-0.39, 0.29) is 18.9 Å². The molecular weight excluding hydrogens is 490 g/mol. The molecule has 0 radical (unpaired) electrons. The first-order valence-corrected chi connectivity index (χ1v) is 16.9. The molecule has 0 saturated carbocycles. The van der Waals surface area contributed by atoms with Crippen molar-refractivity contribution in [2.75, 3.05) is 46.1 Å². The first-order chi connectivity index (χ1) is 19.2. The Morgan fingerprint density at radius 2 is 1.08 bits per heavy atom. The van der Waals surface area contributed by atoms with Crippen molar-refractivity contribution < 1.29 is 24.1 Å². The molecule has 1 N–H and O–H groups in total. The average Bonchev–Trinajstić information content (AvgIpc) is 2.93. The number of esters is 1. The van der Waals surface area contributed by atoms with Crippen molar-refractivity contribution in [1.29, 1.82) is 0 Å². The number of hydrogen-bond donors (Lipinski definition) is 1. The second-order valence-corrected chi connectivity index (χ2v) is 11.2. The van der Waals surface area contributed by atoms with Gasteiger partial charge in [0.2, 0.25) is 0 Å². The van der Waals surface area contributed by atoms with Crippen LogP contribution in [-0.2, 0) is 19.0 Å². The fourth-order valence-corrected chi connectivity index (χ4v) is 4.75. The summed E-state index contributed by atoms with van der Waals surface area (Å²) in [7, 11) is 0. The van der Waals surface area contributed by atoms with Gasteiger partial charge in [-0.1, -0.05) is 97.8 Å². The first-order valence-electron chi connectivity index (χ1n) is 16.9. The number of aliphatic hydroxyl groups excluding tert-OH is 1. The Bertz CT molecular complexity index is 473. The van der Waals surface area contributed by atoms with E-state index in [9.17, 15) is 9.90 Å². The maximum atomic E-state index is 12.2. The molecule has 0 aromatic heterocycles. The Morgan fingerprint density at radius 1 is 0.590 bits per heavy atom. The van der Waals surface area contributed by atoms with Gasteiger partial charge in [-0.25, -0.2) is 0 Å². The maximum Gasteiger partial charge on any atom is 0.305 e. The zero-order chi connectivity index (χ0) is 28.7. The average molecular weight is 558 g/mol. The molecule has 0 amide bonds. The third-order valence-corrected chi connectivity index (χ3v) is 7.30. The second-order valence-electron chi connectivity index (χ2n) is 11.2. The van der Waals surface area contributed by atoms with Crippen LogP contribution in [0.1, 0.15) is 156 Å². The number of carbonyl (C=O) groups excluding carboxylic acids is 1. The van der Waals surface area contributed by atoms with Crippen LogP contribution in [0.5, 0.6) is 0 Å². The molecule has 0 spiro atoms. The van der Waals surface area contributed by atoms with Gasteiger partial charge in [-0.05, 0) is 64.5 Å². The van der Waals surface area contributed by atoms with Crippen molar-refractivity contribution in [3.05, 3.63) is 0 Å². The van der Waals surface area contributed by atoms with Crippen LogP contribution in [0.4, 0.5) is 0 Å². The van der Waals surface area contributed by atoms with E-state index in [4.69, 9.17) is 14.2 Å². The summed E-state index contributed by atoms with van der Waals surface area (Å²) in [4.78, 5) is 14.5. The quantitative estimate of drug-likeness (QED) is 0.0508. The van der Waals surface area contributed by atoms with Gasteiger partial charge in [0.1, 0.15) is 0 Å². The van der Waals surface area contributed by atoms with Gasteiger partial charge >= 0.3 is 5.97 Å². The van der Waals surface area contributed by atoms with E-state index in [1.54, 1.807) is 0 Å². The molecule has 234 valence electrons. The molecular formula is C33H67NO5. The van der Waals surface area contributed by atoms with E-state index in [0.717, 1.165) is 77.8 Å². The fourth-order valence-electron chi connectivity index (χ4n) is 4.75. The van der Waals surface area contributed by atoms with Crippen LogP contribution in [0.25, 0.3) is 0 Å². The molecule has 0 unspecified atom stereocenters. The van der Waals surface area contributed by atoms with Gasteiger partial charge in [-0.15, -0.1) is 0 Å². The predicted molar refractivity (Wildman–Crippen MR) is 164 cm³/mol. The Morgan fingerprint density at radius 3 is 1.64 bits per heavy atom. The lowest BCUT2D eigenvalue weighted by atomic mass is 10.1. The lowest BCUT2D eigenvalue weighted by molar-refractivity contribution is -0.149. The third-order valence-electron chi connectivity index (χ3n) is 7.30. The van der Waals surface area contributed by atoms with E-state index in [1.807, 2.05) is 0 Å². The minimum Gasteiger partial charge on any atom is -0.466 e. The summed E-state index contributed by atoms with van der Waals surface area (Å²) in [5, 5.41) is 9.26. The van der Waals surface area contributed by atoms with Gasteiger partial charge in [-0.2, -0.15) is 0 Å². The van der Waals surface area contributed by atoms with Crippen molar-refractivity contribution in [1.82, 2.24) is 4.90 Å². The minimum absolute atomic E-state index is 0.0947. The topological polar surface area (TPSA) is 68.2 Å². The van der Waals surface area contributed by atoms with Crippen LogP contribution in [0.15, 0.2) is 0 Å². The van der Waals surface area contributed by atoms with Gasteiger partial charge < -0.3 is 24.2 Å². The smallest absolute Gasteiger partial charge is 0.305 e. The van der Waals surface area contributed by atoms with Gasteiger partial charge in [0, 0.05) is 26.2 Å². The summed E-state index contributed by atoms with van der Waals surface area (Å²) < 4.78 is 17.7. The number of ether oxygens (including phenoxy) is 3. The van der Waals surface area contributed by atoms with Gasteiger partial charge in [-0.3, -0.25) is 4.79 Å². The molecule has 0 bridgehead atoms. The van der Waals surface area contributed by atoms with Crippen LogP contribution in [-0.4, -0.2) is 68.3 Å². The molecule has 0 saturated heterocycles. The molecule has 39 heavy (non-hydrogen) atoms. The Hall–Kier alpha value is -0.690. The maximum absolute atomic E-state index is 12.2. The van der Waals surface area contributed by atoms with E-state index in [1.165, 1.54) is 83.5 Å².